The van der Waals surface area contributed by atoms with E-state index >= 15 is 0 Å². The van der Waals surface area contributed by atoms with Crippen molar-refractivity contribution < 1.29 is 9.53 Å². The van der Waals surface area contributed by atoms with Crippen LogP contribution in [-0.4, -0.2) is 34.7 Å². The first-order chi connectivity index (χ1) is 8.61. The van der Waals surface area contributed by atoms with Crippen molar-refractivity contribution in [2.75, 3.05) is 19.1 Å². The monoisotopic (exact) mass is 266 g/mol. The molecule has 2 aromatic rings. The van der Waals surface area contributed by atoms with E-state index in [0.717, 1.165) is 11.0 Å². The molecule has 18 heavy (non-hydrogen) atoms. The fourth-order valence-electron chi connectivity index (χ4n) is 1.46. The van der Waals surface area contributed by atoms with E-state index in [4.69, 9.17) is 0 Å². The van der Waals surface area contributed by atoms with Gasteiger partial charge in [0.15, 0.2) is 5.13 Å². The molecule has 6 nitrogen and oxygen atoms in total. The zero-order chi connectivity index (χ0) is 13.1. The molecule has 0 bridgehead atoms. The fraction of sp³-hybridized carbons (Fsp3) is 0.364. The number of aryl methyl sites for hydroxylation is 1. The zero-order valence-electron chi connectivity index (χ0n) is 10.5. The highest BCUT2D eigenvalue weighted by molar-refractivity contribution is 7.17. The third-order valence-corrected chi connectivity index (χ3v) is 3.60. The van der Waals surface area contributed by atoms with Crippen LogP contribution in [0.5, 0.6) is 0 Å². The lowest BCUT2D eigenvalue weighted by Gasteiger charge is -2.14. The SMILES string of the molecule is COC(=O)c1cnc(N(C)Cc2nccn2C)s1. The minimum Gasteiger partial charge on any atom is -0.465 e. The average molecular weight is 266 g/mol. The summed E-state index contributed by atoms with van der Waals surface area (Å²) in [5.74, 6) is 0.580. The summed E-state index contributed by atoms with van der Waals surface area (Å²) in [6.07, 6.45) is 5.18. The topological polar surface area (TPSA) is 60.2 Å². The van der Waals surface area contributed by atoms with Crippen LogP contribution in [0.25, 0.3) is 0 Å². The van der Waals surface area contributed by atoms with Gasteiger partial charge < -0.3 is 14.2 Å². The molecule has 0 fully saturated rings. The first-order valence-corrected chi connectivity index (χ1v) is 6.15. The van der Waals surface area contributed by atoms with E-state index in [1.54, 1.807) is 6.20 Å². The molecule has 0 aliphatic rings. The number of anilines is 1. The van der Waals surface area contributed by atoms with Gasteiger partial charge in [-0.2, -0.15) is 0 Å². The number of ether oxygens (including phenoxy) is 1. The van der Waals surface area contributed by atoms with E-state index in [1.807, 2.05) is 29.8 Å². The van der Waals surface area contributed by atoms with Gasteiger partial charge in [-0.05, 0) is 0 Å². The summed E-state index contributed by atoms with van der Waals surface area (Å²) >= 11 is 1.30. The lowest BCUT2D eigenvalue weighted by atomic mass is 10.5. The predicted molar refractivity (Wildman–Crippen MR) is 68.8 cm³/mol. The highest BCUT2D eigenvalue weighted by Gasteiger charge is 2.14. The molecule has 2 rings (SSSR count). The largest absolute Gasteiger partial charge is 0.465 e. The highest BCUT2D eigenvalue weighted by Crippen LogP contribution is 2.23. The van der Waals surface area contributed by atoms with E-state index in [0.29, 0.717) is 11.4 Å². The first-order valence-electron chi connectivity index (χ1n) is 5.33. The normalized spacial score (nSPS) is 10.4. The fourth-order valence-corrected chi connectivity index (χ4v) is 2.26. The molecule has 0 amide bonds. The summed E-state index contributed by atoms with van der Waals surface area (Å²) < 4.78 is 6.60. The lowest BCUT2D eigenvalue weighted by Crippen LogP contribution is -2.18. The number of aromatic nitrogens is 3. The number of carbonyl (C=O) groups is 1. The Balaban J connectivity index is 2.10. The third-order valence-electron chi connectivity index (χ3n) is 2.51. The van der Waals surface area contributed by atoms with E-state index in [1.165, 1.54) is 24.6 Å². The standard InChI is InChI=1S/C11H14N4O2S/c1-14-5-4-12-9(14)7-15(2)11-13-6-8(18-11)10(16)17-3/h4-6H,7H2,1-3H3. The molecule has 2 aromatic heterocycles. The molecule has 0 atom stereocenters. The summed E-state index contributed by atoms with van der Waals surface area (Å²) in [5, 5.41) is 0.762. The van der Waals surface area contributed by atoms with Crippen LogP contribution in [0.3, 0.4) is 0 Å². The maximum absolute atomic E-state index is 11.3. The van der Waals surface area contributed by atoms with Crippen LogP contribution in [0.1, 0.15) is 15.5 Å². The molecule has 0 saturated carbocycles. The van der Waals surface area contributed by atoms with E-state index in [9.17, 15) is 4.79 Å². The second-order valence-corrected chi connectivity index (χ2v) is 4.82. The number of hydrogen-bond donors (Lipinski definition) is 0. The van der Waals surface area contributed by atoms with Crippen LogP contribution >= 0.6 is 11.3 Å². The van der Waals surface area contributed by atoms with E-state index < -0.39 is 0 Å². The minimum absolute atomic E-state index is 0.357. The number of hydrogen-bond acceptors (Lipinski definition) is 6. The second-order valence-electron chi connectivity index (χ2n) is 3.81. The summed E-state index contributed by atoms with van der Waals surface area (Å²) in [5.41, 5.74) is 0. The van der Waals surface area contributed by atoms with Crippen molar-refractivity contribution in [2.45, 2.75) is 6.54 Å². The maximum Gasteiger partial charge on any atom is 0.349 e. The van der Waals surface area contributed by atoms with Crippen molar-refractivity contribution in [3.63, 3.8) is 0 Å². The van der Waals surface area contributed by atoms with Crippen LogP contribution in [-0.2, 0) is 18.3 Å². The lowest BCUT2D eigenvalue weighted by molar-refractivity contribution is 0.0606. The molecular weight excluding hydrogens is 252 g/mol. The van der Waals surface area contributed by atoms with Crippen LogP contribution in [0, 0.1) is 0 Å². The van der Waals surface area contributed by atoms with Crippen LogP contribution in [0.4, 0.5) is 5.13 Å². The Morgan fingerprint density at radius 1 is 1.56 bits per heavy atom. The second kappa shape index (κ2) is 5.18. The smallest absolute Gasteiger partial charge is 0.349 e. The molecular formula is C11H14N4O2S. The Bertz CT molecular complexity index is 549. The molecule has 7 heteroatoms. The Labute approximate surface area is 109 Å². The van der Waals surface area contributed by atoms with Gasteiger partial charge in [-0.15, -0.1) is 0 Å². The Kier molecular flexibility index (Phi) is 3.61. The Morgan fingerprint density at radius 2 is 2.33 bits per heavy atom. The number of esters is 1. The first kappa shape index (κ1) is 12.6. The van der Waals surface area contributed by atoms with E-state index in [2.05, 4.69) is 14.7 Å². The van der Waals surface area contributed by atoms with Gasteiger partial charge in [-0.25, -0.2) is 14.8 Å². The number of thiazole rings is 1. The molecule has 0 aliphatic heterocycles. The molecule has 2 heterocycles. The van der Waals surface area contributed by atoms with Crippen molar-refractivity contribution in [1.82, 2.24) is 14.5 Å². The molecule has 0 spiro atoms. The van der Waals surface area contributed by atoms with Crippen molar-refractivity contribution in [2.24, 2.45) is 7.05 Å². The van der Waals surface area contributed by atoms with Crippen LogP contribution < -0.4 is 4.90 Å². The maximum atomic E-state index is 11.3. The predicted octanol–water partition coefficient (Wildman–Crippen LogP) is 1.30. The van der Waals surface area contributed by atoms with Crippen molar-refractivity contribution in [1.29, 1.82) is 0 Å². The number of methoxy groups -OCH3 is 1. The van der Waals surface area contributed by atoms with Crippen molar-refractivity contribution in [3.8, 4) is 0 Å². The quantitative estimate of drug-likeness (QED) is 0.781. The summed E-state index contributed by atoms with van der Waals surface area (Å²) in [4.78, 5) is 22.2. The van der Waals surface area contributed by atoms with Crippen LogP contribution in [0.15, 0.2) is 18.6 Å². The molecule has 0 aliphatic carbocycles. The number of rotatable bonds is 4. The molecule has 0 aromatic carbocycles. The number of carbonyl (C=O) groups excluding carboxylic acids is 1. The zero-order valence-corrected chi connectivity index (χ0v) is 11.3. The van der Waals surface area contributed by atoms with Gasteiger partial charge in [0, 0.05) is 26.5 Å². The summed E-state index contributed by atoms with van der Waals surface area (Å²) in [6.45, 7) is 0.637. The van der Waals surface area contributed by atoms with E-state index in [-0.39, 0.29) is 5.97 Å². The number of nitrogens with zero attached hydrogens (tertiary/aromatic N) is 4. The molecule has 0 radical (unpaired) electrons. The average Bonchev–Trinajstić information content (AvgIpc) is 2.98. The highest BCUT2D eigenvalue weighted by atomic mass is 32.1. The summed E-state index contributed by atoms with van der Waals surface area (Å²) in [7, 11) is 5.21. The van der Waals surface area contributed by atoms with Crippen LogP contribution in [0.2, 0.25) is 0 Å². The van der Waals surface area contributed by atoms with Gasteiger partial charge in [0.25, 0.3) is 0 Å². The molecule has 0 saturated heterocycles. The van der Waals surface area contributed by atoms with Crippen molar-refractivity contribution >= 4 is 22.4 Å². The minimum atomic E-state index is -0.357. The number of imidazole rings is 1. The van der Waals surface area contributed by atoms with Gasteiger partial charge in [0.05, 0.1) is 19.9 Å². The van der Waals surface area contributed by atoms with Gasteiger partial charge >= 0.3 is 5.97 Å². The van der Waals surface area contributed by atoms with Gasteiger partial charge in [0.2, 0.25) is 0 Å². The summed E-state index contributed by atoms with van der Waals surface area (Å²) in [6, 6.07) is 0. The van der Waals surface area contributed by atoms with Crippen molar-refractivity contribution in [3.05, 3.63) is 29.3 Å². The van der Waals surface area contributed by atoms with Gasteiger partial charge in [-0.1, -0.05) is 11.3 Å². The van der Waals surface area contributed by atoms with Gasteiger partial charge in [0.1, 0.15) is 10.7 Å². The molecule has 0 unspecified atom stereocenters. The molecule has 96 valence electrons. The third kappa shape index (κ3) is 2.51. The Hall–Kier alpha value is -1.89. The Morgan fingerprint density at radius 3 is 2.94 bits per heavy atom. The van der Waals surface area contributed by atoms with Gasteiger partial charge in [-0.3, -0.25) is 0 Å². The molecule has 0 N–H and O–H groups in total.